The third-order valence-corrected chi connectivity index (χ3v) is 2.58. The molecule has 13 heavy (non-hydrogen) atoms. The Balaban J connectivity index is 3.18. The van der Waals surface area contributed by atoms with Crippen molar-refractivity contribution in [1.82, 2.24) is 0 Å². The predicted octanol–water partition coefficient (Wildman–Crippen LogP) is 3.32. The largest absolute Gasteiger partial charge is 0.397 e. The van der Waals surface area contributed by atoms with Crippen LogP contribution in [0, 0.1) is 11.8 Å². The third kappa shape index (κ3) is 2.54. The van der Waals surface area contributed by atoms with Crippen molar-refractivity contribution in [2.45, 2.75) is 0 Å². The van der Waals surface area contributed by atoms with Crippen molar-refractivity contribution >= 4 is 44.8 Å². The van der Waals surface area contributed by atoms with E-state index in [-0.39, 0.29) is 0 Å². The van der Waals surface area contributed by atoms with Crippen molar-refractivity contribution < 1.29 is 0 Å². The Bertz CT molecular complexity index is 379. The van der Waals surface area contributed by atoms with Gasteiger partial charge in [-0.3, -0.25) is 0 Å². The first-order valence-corrected chi connectivity index (χ1v) is 5.33. The van der Waals surface area contributed by atoms with Gasteiger partial charge in [0.25, 0.3) is 0 Å². The summed E-state index contributed by atoms with van der Waals surface area (Å²) in [5.74, 6) is 5.70. The molecule has 1 rings (SSSR count). The molecule has 0 aliphatic carbocycles. The van der Waals surface area contributed by atoms with Gasteiger partial charge in [-0.1, -0.05) is 51.0 Å². The van der Waals surface area contributed by atoms with E-state index in [0.29, 0.717) is 26.6 Å². The predicted molar refractivity (Wildman–Crippen MR) is 61.5 cm³/mol. The highest BCUT2D eigenvalue weighted by Gasteiger charge is 2.05. The van der Waals surface area contributed by atoms with Crippen molar-refractivity contribution in [3.05, 3.63) is 27.7 Å². The molecule has 0 aliphatic rings. The average Bonchev–Trinajstić information content (AvgIpc) is 2.13. The highest BCUT2D eigenvalue weighted by molar-refractivity contribution is 9.09. The topological polar surface area (TPSA) is 26.0 Å². The molecular formula is C9H6BrCl2N. The number of halogens is 3. The number of rotatable bonds is 0. The number of anilines is 1. The van der Waals surface area contributed by atoms with Crippen LogP contribution in [0.4, 0.5) is 5.69 Å². The molecular weight excluding hydrogens is 273 g/mol. The van der Waals surface area contributed by atoms with Crippen molar-refractivity contribution in [2.75, 3.05) is 11.1 Å². The summed E-state index contributed by atoms with van der Waals surface area (Å²) in [6.07, 6.45) is 0. The van der Waals surface area contributed by atoms with Crippen molar-refractivity contribution in [3.63, 3.8) is 0 Å². The van der Waals surface area contributed by atoms with Gasteiger partial charge >= 0.3 is 0 Å². The van der Waals surface area contributed by atoms with Gasteiger partial charge in [-0.25, -0.2) is 0 Å². The summed E-state index contributed by atoms with van der Waals surface area (Å²) >= 11 is 14.9. The zero-order valence-corrected chi connectivity index (χ0v) is 9.67. The SMILES string of the molecule is Nc1ccc(C#CCBr)c(Cl)c1Cl. The minimum absolute atomic E-state index is 0.364. The molecule has 0 heterocycles. The second-order valence-electron chi connectivity index (χ2n) is 2.27. The van der Waals surface area contributed by atoms with Crippen molar-refractivity contribution in [1.29, 1.82) is 0 Å². The first-order valence-electron chi connectivity index (χ1n) is 3.45. The van der Waals surface area contributed by atoms with Gasteiger partial charge in [0, 0.05) is 5.56 Å². The number of hydrogen-bond donors (Lipinski definition) is 1. The summed E-state index contributed by atoms with van der Waals surface area (Å²) in [6, 6.07) is 3.44. The number of nitrogens with two attached hydrogens (primary N) is 1. The smallest absolute Gasteiger partial charge is 0.0834 e. The van der Waals surface area contributed by atoms with Gasteiger partial charge < -0.3 is 5.73 Å². The summed E-state index contributed by atoms with van der Waals surface area (Å²) in [7, 11) is 0. The summed E-state index contributed by atoms with van der Waals surface area (Å²) in [5.41, 5.74) is 6.71. The van der Waals surface area contributed by atoms with E-state index >= 15 is 0 Å². The Morgan fingerprint density at radius 1 is 1.31 bits per heavy atom. The van der Waals surface area contributed by atoms with Gasteiger partial charge in [-0.15, -0.1) is 0 Å². The Kier molecular flexibility index (Phi) is 3.92. The Labute approximate surface area is 95.3 Å². The lowest BCUT2D eigenvalue weighted by Crippen LogP contribution is -1.88. The molecule has 1 aromatic carbocycles. The lowest BCUT2D eigenvalue weighted by molar-refractivity contribution is 1.63. The highest BCUT2D eigenvalue weighted by Crippen LogP contribution is 2.30. The Morgan fingerprint density at radius 2 is 2.00 bits per heavy atom. The minimum Gasteiger partial charge on any atom is -0.397 e. The van der Waals surface area contributed by atoms with E-state index in [0.717, 1.165) is 0 Å². The molecule has 2 N–H and O–H groups in total. The maximum absolute atomic E-state index is 5.90. The first-order chi connectivity index (χ1) is 6.16. The van der Waals surface area contributed by atoms with Crippen LogP contribution in [0.5, 0.6) is 0 Å². The van der Waals surface area contributed by atoms with Crippen LogP contribution in [0.2, 0.25) is 10.0 Å². The molecule has 0 amide bonds. The summed E-state index contributed by atoms with van der Waals surface area (Å²) < 4.78 is 0. The molecule has 0 bridgehead atoms. The molecule has 0 radical (unpaired) electrons. The van der Waals surface area contributed by atoms with Gasteiger partial charge in [0.1, 0.15) is 0 Å². The molecule has 0 fully saturated rings. The summed E-state index contributed by atoms with van der Waals surface area (Å²) in [4.78, 5) is 0. The molecule has 0 unspecified atom stereocenters. The summed E-state index contributed by atoms with van der Waals surface area (Å²) in [5, 5.41) is 1.38. The van der Waals surface area contributed by atoms with Crippen molar-refractivity contribution in [2.24, 2.45) is 0 Å². The molecule has 0 aromatic heterocycles. The second kappa shape index (κ2) is 4.76. The lowest BCUT2D eigenvalue weighted by atomic mass is 10.2. The maximum atomic E-state index is 5.90. The fraction of sp³-hybridized carbons (Fsp3) is 0.111. The van der Waals surface area contributed by atoms with E-state index in [1.165, 1.54) is 0 Å². The molecule has 1 nitrogen and oxygen atoms in total. The first kappa shape index (κ1) is 10.7. The van der Waals surface area contributed by atoms with Gasteiger partial charge in [0.05, 0.1) is 21.1 Å². The second-order valence-corrected chi connectivity index (χ2v) is 3.58. The molecule has 68 valence electrons. The molecule has 0 spiro atoms. The van der Waals surface area contributed by atoms with Gasteiger partial charge in [-0.05, 0) is 12.1 Å². The number of hydrogen-bond acceptors (Lipinski definition) is 1. The van der Waals surface area contributed by atoms with Crippen LogP contribution in [0.25, 0.3) is 0 Å². The fourth-order valence-electron chi connectivity index (χ4n) is 0.790. The zero-order chi connectivity index (χ0) is 9.84. The van der Waals surface area contributed by atoms with E-state index in [2.05, 4.69) is 27.8 Å². The lowest BCUT2D eigenvalue weighted by Gasteiger charge is -2.01. The number of nitrogen functional groups attached to an aromatic ring is 1. The molecule has 1 aromatic rings. The van der Waals surface area contributed by atoms with Crippen LogP contribution in [-0.2, 0) is 0 Å². The van der Waals surface area contributed by atoms with Crippen LogP contribution in [-0.4, -0.2) is 5.33 Å². The van der Waals surface area contributed by atoms with Crippen molar-refractivity contribution in [3.8, 4) is 11.8 Å². The fourth-order valence-corrected chi connectivity index (χ4v) is 1.31. The van der Waals surface area contributed by atoms with E-state index in [1.54, 1.807) is 12.1 Å². The van der Waals surface area contributed by atoms with Gasteiger partial charge in [0.15, 0.2) is 0 Å². The monoisotopic (exact) mass is 277 g/mol. The minimum atomic E-state index is 0.364. The zero-order valence-electron chi connectivity index (χ0n) is 6.57. The van der Waals surface area contributed by atoms with Crippen LogP contribution in [0.3, 0.4) is 0 Å². The molecule has 0 saturated carbocycles. The highest BCUT2D eigenvalue weighted by atomic mass is 79.9. The van der Waals surface area contributed by atoms with Gasteiger partial charge in [0.2, 0.25) is 0 Å². The van der Waals surface area contributed by atoms with Gasteiger partial charge in [-0.2, -0.15) is 0 Å². The maximum Gasteiger partial charge on any atom is 0.0834 e. The van der Waals surface area contributed by atoms with Crippen LogP contribution >= 0.6 is 39.1 Å². The molecule has 0 saturated heterocycles. The number of benzene rings is 1. The van der Waals surface area contributed by atoms with Crippen LogP contribution < -0.4 is 5.73 Å². The number of alkyl halides is 1. The molecule has 4 heteroatoms. The normalized spacial score (nSPS) is 9.15. The van der Waals surface area contributed by atoms with E-state index in [1.807, 2.05) is 0 Å². The van der Waals surface area contributed by atoms with E-state index in [9.17, 15) is 0 Å². The van der Waals surface area contributed by atoms with E-state index < -0.39 is 0 Å². The quantitative estimate of drug-likeness (QED) is 0.440. The molecule has 0 atom stereocenters. The van der Waals surface area contributed by atoms with Crippen LogP contribution in [0.1, 0.15) is 5.56 Å². The Hall–Kier alpha value is -0.360. The van der Waals surface area contributed by atoms with Crippen LogP contribution in [0.15, 0.2) is 12.1 Å². The van der Waals surface area contributed by atoms with E-state index in [4.69, 9.17) is 28.9 Å². The average molecular weight is 279 g/mol. The molecule has 0 aliphatic heterocycles. The third-order valence-electron chi connectivity index (χ3n) is 1.40. The summed E-state index contributed by atoms with van der Waals surface area (Å²) in [6.45, 7) is 0. The standard InChI is InChI=1S/C9H6BrCl2N/c10-5-1-2-6-3-4-7(13)9(12)8(6)11/h3-4H,5,13H2. The Morgan fingerprint density at radius 3 is 2.62 bits per heavy atom.